The highest BCUT2D eigenvalue weighted by molar-refractivity contribution is 9.10. The predicted molar refractivity (Wildman–Crippen MR) is 80.3 cm³/mol. The SMILES string of the molecule is CCn1nc(C)cc1CC(CO)c1cccc(Br)c1. The third-order valence-corrected chi connectivity index (χ3v) is 3.77. The van der Waals surface area contributed by atoms with Gasteiger partial charge in [-0.15, -0.1) is 0 Å². The van der Waals surface area contributed by atoms with E-state index < -0.39 is 0 Å². The van der Waals surface area contributed by atoms with Crippen molar-refractivity contribution in [2.45, 2.75) is 32.7 Å². The Hall–Kier alpha value is -1.13. The maximum atomic E-state index is 9.66. The summed E-state index contributed by atoms with van der Waals surface area (Å²) in [7, 11) is 0. The van der Waals surface area contributed by atoms with Crippen LogP contribution in [0.15, 0.2) is 34.8 Å². The van der Waals surface area contributed by atoms with E-state index in [2.05, 4.69) is 46.2 Å². The molecule has 0 saturated carbocycles. The molecule has 0 saturated heterocycles. The van der Waals surface area contributed by atoms with Crippen molar-refractivity contribution >= 4 is 15.9 Å². The van der Waals surface area contributed by atoms with E-state index in [0.29, 0.717) is 0 Å². The van der Waals surface area contributed by atoms with E-state index in [9.17, 15) is 5.11 Å². The van der Waals surface area contributed by atoms with Gasteiger partial charge >= 0.3 is 0 Å². The predicted octanol–water partition coefficient (Wildman–Crippen LogP) is 3.29. The fourth-order valence-corrected chi connectivity index (χ4v) is 2.75. The number of hydrogen-bond acceptors (Lipinski definition) is 2. The third-order valence-electron chi connectivity index (χ3n) is 3.28. The van der Waals surface area contributed by atoms with Crippen LogP contribution in [0.25, 0.3) is 0 Å². The van der Waals surface area contributed by atoms with Gasteiger partial charge in [-0.2, -0.15) is 5.10 Å². The summed E-state index contributed by atoms with van der Waals surface area (Å²) in [4.78, 5) is 0. The van der Waals surface area contributed by atoms with E-state index in [1.807, 2.05) is 23.7 Å². The topological polar surface area (TPSA) is 38.0 Å². The Morgan fingerprint density at radius 1 is 1.37 bits per heavy atom. The van der Waals surface area contributed by atoms with Crippen LogP contribution in [0.3, 0.4) is 0 Å². The summed E-state index contributed by atoms with van der Waals surface area (Å²) in [6, 6.07) is 10.2. The largest absolute Gasteiger partial charge is 0.396 e. The molecule has 0 radical (unpaired) electrons. The van der Waals surface area contributed by atoms with E-state index in [1.165, 1.54) is 5.69 Å². The highest BCUT2D eigenvalue weighted by Crippen LogP contribution is 2.23. The second kappa shape index (κ2) is 6.35. The number of nitrogens with zero attached hydrogens (tertiary/aromatic N) is 2. The smallest absolute Gasteiger partial charge is 0.0596 e. The molecule has 1 aromatic heterocycles. The molecule has 1 heterocycles. The van der Waals surface area contributed by atoms with Gasteiger partial charge in [0.25, 0.3) is 0 Å². The maximum Gasteiger partial charge on any atom is 0.0596 e. The Morgan fingerprint density at radius 2 is 2.16 bits per heavy atom. The summed E-state index contributed by atoms with van der Waals surface area (Å²) >= 11 is 3.48. The number of aliphatic hydroxyl groups is 1. The lowest BCUT2D eigenvalue weighted by molar-refractivity contribution is 0.262. The van der Waals surface area contributed by atoms with Gasteiger partial charge < -0.3 is 5.11 Å². The van der Waals surface area contributed by atoms with Crippen molar-refractivity contribution in [2.24, 2.45) is 0 Å². The minimum Gasteiger partial charge on any atom is -0.396 e. The average molecular weight is 323 g/mol. The van der Waals surface area contributed by atoms with Crippen molar-refractivity contribution in [3.05, 3.63) is 51.8 Å². The minimum absolute atomic E-state index is 0.110. The number of benzene rings is 1. The van der Waals surface area contributed by atoms with E-state index in [0.717, 1.165) is 28.7 Å². The lowest BCUT2D eigenvalue weighted by Crippen LogP contribution is -2.12. The Bertz CT molecular complexity index is 551. The molecule has 0 fully saturated rings. The first-order valence-corrected chi connectivity index (χ1v) is 7.33. The summed E-state index contributed by atoms with van der Waals surface area (Å²) < 4.78 is 3.05. The van der Waals surface area contributed by atoms with Gasteiger partial charge in [-0.05, 0) is 44.0 Å². The van der Waals surface area contributed by atoms with Crippen molar-refractivity contribution in [3.63, 3.8) is 0 Å². The normalized spacial score (nSPS) is 12.6. The molecule has 0 aliphatic rings. The zero-order valence-electron chi connectivity index (χ0n) is 11.3. The lowest BCUT2D eigenvalue weighted by Gasteiger charge is -2.15. The van der Waals surface area contributed by atoms with Crippen molar-refractivity contribution in [1.82, 2.24) is 9.78 Å². The van der Waals surface area contributed by atoms with Gasteiger partial charge in [0.1, 0.15) is 0 Å². The molecule has 0 aliphatic carbocycles. The van der Waals surface area contributed by atoms with Crippen LogP contribution in [0.2, 0.25) is 0 Å². The molecule has 3 nitrogen and oxygen atoms in total. The zero-order chi connectivity index (χ0) is 13.8. The Balaban J connectivity index is 2.23. The Labute approximate surface area is 122 Å². The second-order valence-electron chi connectivity index (χ2n) is 4.73. The molecule has 1 aromatic carbocycles. The molecule has 1 unspecified atom stereocenters. The van der Waals surface area contributed by atoms with Crippen molar-refractivity contribution in [1.29, 1.82) is 0 Å². The molecular formula is C15H19BrN2O. The van der Waals surface area contributed by atoms with Crippen molar-refractivity contribution in [2.75, 3.05) is 6.61 Å². The summed E-state index contributed by atoms with van der Waals surface area (Å²) in [6.45, 7) is 5.09. The highest BCUT2D eigenvalue weighted by atomic mass is 79.9. The van der Waals surface area contributed by atoms with Crippen LogP contribution in [0.4, 0.5) is 0 Å². The maximum absolute atomic E-state index is 9.66. The summed E-state index contributed by atoms with van der Waals surface area (Å²) in [5.41, 5.74) is 3.36. The third kappa shape index (κ3) is 3.45. The van der Waals surface area contributed by atoms with Crippen LogP contribution in [0.5, 0.6) is 0 Å². The summed E-state index contributed by atoms with van der Waals surface area (Å²) in [5.74, 6) is 0.110. The van der Waals surface area contributed by atoms with Gasteiger partial charge in [-0.3, -0.25) is 4.68 Å². The number of aliphatic hydroxyl groups excluding tert-OH is 1. The summed E-state index contributed by atoms with van der Waals surface area (Å²) in [6.07, 6.45) is 0.807. The number of aromatic nitrogens is 2. The van der Waals surface area contributed by atoms with Crippen LogP contribution in [0, 0.1) is 6.92 Å². The molecule has 0 spiro atoms. The van der Waals surface area contributed by atoms with Crippen LogP contribution in [-0.4, -0.2) is 21.5 Å². The molecule has 1 N–H and O–H groups in total. The first-order valence-electron chi connectivity index (χ1n) is 6.53. The standard InChI is InChI=1S/C15H19BrN2O/c1-3-18-15(7-11(2)17-18)9-13(10-19)12-5-4-6-14(16)8-12/h4-8,13,19H,3,9-10H2,1-2H3. The zero-order valence-corrected chi connectivity index (χ0v) is 12.9. The molecular weight excluding hydrogens is 304 g/mol. The molecule has 0 amide bonds. The number of aryl methyl sites for hydroxylation is 2. The summed E-state index contributed by atoms with van der Waals surface area (Å²) in [5, 5.41) is 14.1. The van der Waals surface area contributed by atoms with Crippen molar-refractivity contribution < 1.29 is 5.11 Å². The van der Waals surface area contributed by atoms with Crippen molar-refractivity contribution in [3.8, 4) is 0 Å². The van der Waals surface area contributed by atoms with Crippen LogP contribution < -0.4 is 0 Å². The van der Waals surface area contributed by atoms with Crippen LogP contribution in [0.1, 0.15) is 29.8 Å². The molecule has 19 heavy (non-hydrogen) atoms. The van der Waals surface area contributed by atoms with Gasteiger partial charge in [-0.1, -0.05) is 28.1 Å². The number of halogens is 1. The molecule has 2 rings (SSSR count). The van der Waals surface area contributed by atoms with E-state index in [4.69, 9.17) is 0 Å². The number of hydrogen-bond donors (Lipinski definition) is 1. The van der Waals surface area contributed by atoms with E-state index in [-0.39, 0.29) is 12.5 Å². The Morgan fingerprint density at radius 3 is 2.79 bits per heavy atom. The van der Waals surface area contributed by atoms with Crippen LogP contribution >= 0.6 is 15.9 Å². The van der Waals surface area contributed by atoms with Gasteiger partial charge in [0.15, 0.2) is 0 Å². The number of rotatable bonds is 5. The van der Waals surface area contributed by atoms with Gasteiger partial charge in [0, 0.05) is 22.6 Å². The van der Waals surface area contributed by atoms with Gasteiger partial charge in [-0.25, -0.2) is 0 Å². The monoisotopic (exact) mass is 322 g/mol. The van der Waals surface area contributed by atoms with Crippen LogP contribution in [-0.2, 0) is 13.0 Å². The average Bonchev–Trinajstić information content (AvgIpc) is 2.76. The van der Waals surface area contributed by atoms with Gasteiger partial charge in [0.05, 0.1) is 12.3 Å². The molecule has 4 heteroatoms. The molecule has 1 atom stereocenters. The highest BCUT2D eigenvalue weighted by Gasteiger charge is 2.15. The fourth-order valence-electron chi connectivity index (χ4n) is 2.34. The lowest BCUT2D eigenvalue weighted by atomic mass is 9.95. The van der Waals surface area contributed by atoms with Gasteiger partial charge in [0.2, 0.25) is 0 Å². The Kier molecular flexibility index (Phi) is 4.77. The van der Waals surface area contributed by atoms with E-state index >= 15 is 0 Å². The van der Waals surface area contributed by atoms with E-state index in [1.54, 1.807) is 0 Å². The molecule has 2 aromatic rings. The molecule has 0 bridgehead atoms. The molecule has 0 aliphatic heterocycles. The first kappa shape index (κ1) is 14.3. The fraction of sp³-hybridized carbons (Fsp3) is 0.400. The molecule has 102 valence electrons. The second-order valence-corrected chi connectivity index (χ2v) is 5.65. The first-order chi connectivity index (χ1) is 9.13. The minimum atomic E-state index is 0.110. The quantitative estimate of drug-likeness (QED) is 0.917.